The van der Waals surface area contributed by atoms with Gasteiger partial charge in [0, 0.05) is 34.9 Å². The van der Waals surface area contributed by atoms with Crippen LogP contribution in [0.25, 0.3) is 27.4 Å². The number of carbonyl (C=O) groups excluding carboxylic acids is 1. The highest BCUT2D eigenvalue weighted by Gasteiger charge is 2.25. The van der Waals surface area contributed by atoms with Crippen LogP contribution in [0.4, 0.5) is 0 Å². The molecule has 5 rings (SSSR count). The van der Waals surface area contributed by atoms with Gasteiger partial charge in [-0.15, -0.1) is 0 Å². The van der Waals surface area contributed by atoms with Gasteiger partial charge >= 0.3 is 0 Å². The molecule has 1 aliphatic heterocycles. The number of phenols is 1. The van der Waals surface area contributed by atoms with Crippen molar-refractivity contribution in [2.24, 2.45) is 0 Å². The van der Waals surface area contributed by atoms with Gasteiger partial charge in [0.05, 0.1) is 11.1 Å². The normalized spacial score (nSPS) is 19.5. The molecule has 4 nitrogen and oxygen atoms in total. The number of aryl methyl sites for hydroxylation is 2. The highest BCUT2D eigenvalue weighted by atomic mass is 16.3. The van der Waals surface area contributed by atoms with Crippen molar-refractivity contribution in [2.45, 2.75) is 51.6 Å². The zero-order valence-corrected chi connectivity index (χ0v) is 17.3. The summed E-state index contributed by atoms with van der Waals surface area (Å²) in [5.41, 5.74) is 6.42. The molecular weight excluding hydrogens is 360 g/mol. The Morgan fingerprint density at radius 2 is 2.07 bits per heavy atom. The number of nitrogens with zero attached hydrogens (tertiary/aromatic N) is 2. The first-order chi connectivity index (χ1) is 14.0. The van der Waals surface area contributed by atoms with E-state index in [9.17, 15) is 9.90 Å². The van der Waals surface area contributed by atoms with Crippen LogP contribution in [-0.2, 0) is 13.0 Å². The van der Waals surface area contributed by atoms with E-state index in [1.165, 1.54) is 53.9 Å². The maximum atomic E-state index is 12.1. The molecule has 1 saturated heterocycles. The third kappa shape index (κ3) is 2.81. The van der Waals surface area contributed by atoms with Crippen LogP contribution in [0.15, 0.2) is 30.8 Å². The number of rotatable bonds is 4. The van der Waals surface area contributed by atoms with E-state index < -0.39 is 0 Å². The summed E-state index contributed by atoms with van der Waals surface area (Å²) in [7, 11) is 2.22. The van der Waals surface area contributed by atoms with Crippen LogP contribution in [-0.4, -0.2) is 40.0 Å². The molecule has 2 aromatic carbocycles. The van der Waals surface area contributed by atoms with Gasteiger partial charge < -0.3 is 14.6 Å². The van der Waals surface area contributed by atoms with E-state index in [1.54, 1.807) is 6.07 Å². The zero-order valence-electron chi connectivity index (χ0n) is 17.3. The lowest BCUT2D eigenvalue weighted by Crippen LogP contribution is -2.26. The van der Waals surface area contributed by atoms with Gasteiger partial charge in [-0.3, -0.25) is 4.79 Å². The Bertz CT molecular complexity index is 1170. The Labute approximate surface area is 171 Å². The number of likely N-dealkylation sites (tertiary alicyclic amines) is 1. The first kappa shape index (κ1) is 18.4. The predicted octanol–water partition coefficient (Wildman–Crippen LogP) is 5.15. The average Bonchev–Trinajstić information content (AvgIpc) is 3.35. The molecule has 0 bridgehead atoms. The zero-order chi connectivity index (χ0) is 20.3. The van der Waals surface area contributed by atoms with Crippen molar-refractivity contribution in [3.05, 3.63) is 47.5 Å². The first-order valence-corrected chi connectivity index (χ1v) is 10.7. The fraction of sp³-hybridized carbons (Fsp3) is 0.400. The molecule has 2 aliphatic rings. The lowest BCUT2D eigenvalue weighted by Gasteiger charge is -2.20. The molecular formula is C25H28N2O2. The third-order valence-electron chi connectivity index (χ3n) is 7.05. The molecule has 0 amide bonds. The van der Waals surface area contributed by atoms with Crippen LogP contribution in [0.1, 0.15) is 54.1 Å². The fourth-order valence-corrected chi connectivity index (χ4v) is 5.44. The van der Waals surface area contributed by atoms with E-state index >= 15 is 0 Å². The highest BCUT2D eigenvalue weighted by Crippen LogP contribution is 2.42. The van der Waals surface area contributed by atoms with Crippen LogP contribution in [0.5, 0.6) is 5.75 Å². The predicted molar refractivity (Wildman–Crippen MR) is 119 cm³/mol. The molecule has 2 heterocycles. The second kappa shape index (κ2) is 6.74. The molecule has 0 radical (unpaired) electrons. The van der Waals surface area contributed by atoms with Crippen molar-refractivity contribution in [2.75, 3.05) is 13.6 Å². The maximum absolute atomic E-state index is 12.1. The number of fused-ring (bicyclic) bond motifs is 5. The number of aromatic hydroxyl groups is 1. The second-order valence-corrected chi connectivity index (χ2v) is 8.75. The van der Waals surface area contributed by atoms with Gasteiger partial charge in [0.1, 0.15) is 5.75 Å². The molecule has 1 atom stereocenters. The van der Waals surface area contributed by atoms with Gasteiger partial charge in [-0.25, -0.2) is 0 Å². The molecule has 0 spiro atoms. The smallest absolute Gasteiger partial charge is 0.163 e. The maximum Gasteiger partial charge on any atom is 0.163 e. The van der Waals surface area contributed by atoms with Crippen LogP contribution in [0, 0.1) is 0 Å². The summed E-state index contributed by atoms with van der Waals surface area (Å²) >= 11 is 0. The van der Waals surface area contributed by atoms with Crippen molar-refractivity contribution < 1.29 is 9.90 Å². The largest absolute Gasteiger partial charge is 0.507 e. The van der Waals surface area contributed by atoms with Crippen LogP contribution >= 0.6 is 0 Å². The Morgan fingerprint density at radius 3 is 2.79 bits per heavy atom. The van der Waals surface area contributed by atoms with Crippen molar-refractivity contribution >= 4 is 33.2 Å². The highest BCUT2D eigenvalue weighted by molar-refractivity contribution is 6.14. The molecule has 29 heavy (non-hydrogen) atoms. The van der Waals surface area contributed by atoms with Crippen molar-refractivity contribution in [1.29, 1.82) is 0 Å². The third-order valence-corrected chi connectivity index (χ3v) is 7.05. The Balaban J connectivity index is 1.73. The van der Waals surface area contributed by atoms with Gasteiger partial charge in [0.2, 0.25) is 0 Å². The topological polar surface area (TPSA) is 45.5 Å². The number of hydrogen-bond donors (Lipinski definition) is 1. The van der Waals surface area contributed by atoms with E-state index in [0.29, 0.717) is 11.6 Å². The van der Waals surface area contributed by atoms with E-state index in [4.69, 9.17) is 0 Å². The number of hydrogen-bond acceptors (Lipinski definition) is 3. The Morgan fingerprint density at radius 1 is 1.24 bits per heavy atom. The summed E-state index contributed by atoms with van der Waals surface area (Å²) in [5.74, 6) is -0.0250. The molecule has 1 aromatic heterocycles. The minimum atomic E-state index is -0.102. The molecule has 1 N–H and O–H groups in total. The molecule has 4 heteroatoms. The quantitative estimate of drug-likeness (QED) is 0.629. The summed E-state index contributed by atoms with van der Waals surface area (Å²) in [6, 6.07) is 8.71. The number of ketones is 1. The van der Waals surface area contributed by atoms with E-state index in [0.717, 1.165) is 36.7 Å². The summed E-state index contributed by atoms with van der Waals surface area (Å²) in [6.45, 7) is 7.84. The first-order valence-electron chi connectivity index (χ1n) is 10.7. The molecule has 3 aromatic rings. The van der Waals surface area contributed by atoms with Crippen LogP contribution < -0.4 is 0 Å². The standard InChI is InChI=1S/C25H28N2O2/c1-15-6-7-19-18(15)8-9-22-25(19)21-13-20(16(2)28)24(29)14-23(21)27(22)12-10-17-5-4-11-26(17)3/h8-9,13-14,17,29H,1,4-7,10-12H2,2-3H3. The summed E-state index contributed by atoms with van der Waals surface area (Å²) in [5, 5.41) is 12.8. The van der Waals surface area contributed by atoms with Gasteiger partial charge in [-0.05, 0) is 81.5 Å². The molecule has 1 fully saturated rings. The van der Waals surface area contributed by atoms with Gasteiger partial charge in [0.15, 0.2) is 5.78 Å². The second-order valence-electron chi connectivity index (χ2n) is 8.75. The minimum Gasteiger partial charge on any atom is -0.507 e. The van der Waals surface area contributed by atoms with E-state index in [2.05, 4.69) is 35.2 Å². The lowest BCUT2D eigenvalue weighted by molar-refractivity contribution is 0.101. The van der Waals surface area contributed by atoms with Crippen molar-refractivity contribution in [3.63, 3.8) is 0 Å². The minimum absolute atomic E-state index is 0.0769. The van der Waals surface area contributed by atoms with Gasteiger partial charge in [-0.2, -0.15) is 0 Å². The Kier molecular flexibility index (Phi) is 4.28. The number of Topliss-reactive ketones (excluding diaryl/α,β-unsaturated/α-hetero) is 1. The molecule has 0 saturated carbocycles. The van der Waals surface area contributed by atoms with Crippen LogP contribution in [0.3, 0.4) is 0 Å². The van der Waals surface area contributed by atoms with Crippen molar-refractivity contribution in [1.82, 2.24) is 9.47 Å². The van der Waals surface area contributed by atoms with Crippen molar-refractivity contribution in [3.8, 4) is 5.75 Å². The molecule has 150 valence electrons. The number of allylic oxidation sites excluding steroid dienone is 1. The summed E-state index contributed by atoms with van der Waals surface area (Å²) < 4.78 is 2.35. The summed E-state index contributed by atoms with van der Waals surface area (Å²) in [4.78, 5) is 14.5. The Hall–Kier alpha value is -2.59. The lowest BCUT2D eigenvalue weighted by atomic mass is 10.00. The van der Waals surface area contributed by atoms with Crippen LogP contribution in [0.2, 0.25) is 0 Å². The SMILES string of the molecule is C=C1CCc2c1ccc1c2c2cc(C(C)=O)c(O)cc2n1CCC1CCCN1C. The number of aromatic nitrogens is 1. The van der Waals surface area contributed by atoms with E-state index in [1.807, 2.05) is 6.07 Å². The monoisotopic (exact) mass is 388 g/mol. The number of benzene rings is 2. The van der Waals surface area contributed by atoms with E-state index in [-0.39, 0.29) is 11.5 Å². The number of phenolic OH excluding ortho intramolecular Hbond substituents is 1. The fourth-order valence-electron chi connectivity index (χ4n) is 5.44. The average molecular weight is 389 g/mol. The van der Waals surface area contributed by atoms with Gasteiger partial charge in [0.25, 0.3) is 0 Å². The summed E-state index contributed by atoms with van der Waals surface area (Å²) in [6.07, 6.45) is 5.60. The molecule has 1 unspecified atom stereocenters. The van der Waals surface area contributed by atoms with Gasteiger partial charge in [-0.1, -0.05) is 12.6 Å². The molecule has 1 aliphatic carbocycles. The number of carbonyl (C=O) groups is 1.